The molecule has 0 radical (unpaired) electrons. The first-order chi connectivity index (χ1) is 11.7. The van der Waals surface area contributed by atoms with Crippen LogP contribution < -0.4 is 5.32 Å². The highest BCUT2D eigenvalue weighted by molar-refractivity contribution is 7.09. The van der Waals surface area contributed by atoms with Gasteiger partial charge in [-0.15, -0.1) is 11.3 Å². The van der Waals surface area contributed by atoms with E-state index in [0.29, 0.717) is 13.2 Å². The lowest BCUT2D eigenvalue weighted by Crippen LogP contribution is -2.53. The van der Waals surface area contributed by atoms with Gasteiger partial charge < -0.3 is 10.1 Å². The smallest absolute Gasteiger partial charge is 0.237 e. The second-order valence-corrected chi connectivity index (χ2v) is 7.04. The molecule has 1 saturated heterocycles. The van der Waals surface area contributed by atoms with Gasteiger partial charge in [-0.05, 0) is 30.9 Å². The molecule has 130 valence electrons. The van der Waals surface area contributed by atoms with Crippen LogP contribution >= 0.6 is 11.3 Å². The van der Waals surface area contributed by atoms with Crippen LogP contribution in [0.3, 0.4) is 0 Å². The fourth-order valence-corrected chi connectivity index (χ4v) is 3.61. The Morgan fingerprint density at radius 3 is 3.21 bits per heavy atom. The van der Waals surface area contributed by atoms with Crippen molar-refractivity contribution < 1.29 is 9.53 Å². The molecule has 3 heterocycles. The molecule has 0 aromatic carbocycles. The number of nitrogens with zero attached hydrogens (tertiary/aromatic N) is 3. The Labute approximate surface area is 146 Å². The van der Waals surface area contributed by atoms with Gasteiger partial charge in [0.1, 0.15) is 0 Å². The summed E-state index contributed by atoms with van der Waals surface area (Å²) in [6.45, 7) is 5.56. The molecule has 0 saturated carbocycles. The van der Waals surface area contributed by atoms with Crippen molar-refractivity contribution in [2.45, 2.75) is 32.0 Å². The van der Waals surface area contributed by atoms with Gasteiger partial charge in [0.2, 0.25) is 5.91 Å². The molecular formula is C17H24N4O2S. The second kappa shape index (κ2) is 8.41. The highest BCUT2D eigenvalue weighted by atomic mass is 32.1. The summed E-state index contributed by atoms with van der Waals surface area (Å²) in [5.41, 5.74) is 0. The maximum absolute atomic E-state index is 12.4. The Kier molecular flexibility index (Phi) is 6.01. The molecule has 0 aliphatic carbocycles. The normalized spacial score (nSPS) is 20.0. The van der Waals surface area contributed by atoms with E-state index in [4.69, 9.17) is 4.74 Å². The molecule has 1 aliphatic rings. The van der Waals surface area contributed by atoms with E-state index in [-0.39, 0.29) is 18.1 Å². The molecule has 7 heteroatoms. The lowest BCUT2D eigenvalue weighted by molar-refractivity contribution is -0.129. The minimum absolute atomic E-state index is 0.0695. The predicted molar refractivity (Wildman–Crippen MR) is 94.0 cm³/mol. The van der Waals surface area contributed by atoms with Gasteiger partial charge in [0, 0.05) is 36.9 Å². The molecule has 1 aliphatic heterocycles. The van der Waals surface area contributed by atoms with Crippen molar-refractivity contribution in [3.63, 3.8) is 0 Å². The van der Waals surface area contributed by atoms with Crippen molar-refractivity contribution in [2.75, 3.05) is 26.2 Å². The van der Waals surface area contributed by atoms with Gasteiger partial charge >= 0.3 is 0 Å². The Bertz CT molecular complexity index is 615. The standard InChI is InChI=1S/C17H24N4O2S/c1-14(17(22)18-7-5-16-4-2-11-24-16)20-9-10-23-15(12-20)13-21-8-3-6-19-21/h2-4,6,8,11,14-15H,5,7,9-10,12-13H2,1H3,(H,18,22)/t14-,15+/m0/s1. The summed E-state index contributed by atoms with van der Waals surface area (Å²) in [6, 6.07) is 5.90. The van der Waals surface area contributed by atoms with E-state index >= 15 is 0 Å². The Balaban J connectivity index is 1.44. The van der Waals surface area contributed by atoms with E-state index in [1.54, 1.807) is 17.5 Å². The zero-order chi connectivity index (χ0) is 16.8. The molecule has 2 atom stereocenters. The lowest BCUT2D eigenvalue weighted by atomic mass is 10.2. The molecule has 1 amide bonds. The number of hydrogen-bond acceptors (Lipinski definition) is 5. The van der Waals surface area contributed by atoms with Crippen molar-refractivity contribution in [2.24, 2.45) is 0 Å². The van der Waals surface area contributed by atoms with Crippen LogP contribution in [0.5, 0.6) is 0 Å². The fraction of sp³-hybridized carbons (Fsp3) is 0.529. The summed E-state index contributed by atoms with van der Waals surface area (Å²) < 4.78 is 7.68. The van der Waals surface area contributed by atoms with Crippen LogP contribution in [0.15, 0.2) is 36.0 Å². The third-order valence-electron chi connectivity index (χ3n) is 4.30. The Morgan fingerprint density at radius 1 is 1.54 bits per heavy atom. The molecule has 0 bridgehead atoms. The predicted octanol–water partition coefficient (Wildman–Crippen LogP) is 1.39. The number of amides is 1. The Morgan fingerprint density at radius 2 is 2.46 bits per heavy atom. The van der Waals surface area contributed by atoms with E-state index in [9.17, 15) is 4.79 Å². The van der Waals surface area contributed by atoms with Crippen molar-refractivity contribution in [1.29, 1.82) is 0 Å². The number of carbonyl (C=O) groups is 1. The van der Waals surface area contributed by atoms with Crippen molar-refractivity contribution in [3.05, 3.63) is 40.8 Å². The minimum atomic E-state index is -0.141. The molecule has 6 nitrogen and oxygen atoms in total. The van der Waals surface area contributed by atoms with Gasteiger partial charge in [-0.3, -0.25) is 14.4 Å². The summed E-state index contributed by atoms with van der Waals surface area (Å²) in [5, 5.41) is 9.33. The monoisotopic (exact) mass is 348 g/mol. The largest absolute Gasteiger partial charge is 0.374 e. The zero-order valence-corrected chi connectivity index (χ0v) is 14.7. The van der Waals surface area contributed by atoms with E-state index < -0.39 is 0 Å². The summed E-state index contributed by atoms with van der Waals surface area (Å²) in [4.78, 5) is 15.9. The summed E-state index contributed by atoms with van der Waals surface area (Å²) in [5.74, 6) is 0.0892. The maximum Gasteiger partial charge on any atom is 0.237 e. The lowest BCUT2D eigenvalue weighted by Gasteiger charge is -2.36. The molecule has 0 unspecified atom stereocenters. The number of thiophene rings is 1. The summed E-state index contributed by atoms with van der Waals surface area (Å²) in [7, 11) is 0. The Hall–Kier alpha value is -1.70. The van der Waals surface area contributed by atoms with E-state index in [0.717, 1.165) is 26.1 Å². The fourth-order valence-electron chi connectivity index (χ4n) is 2.90. The molecule has 0 spiro atoms. The third-order valence-corrected chi connectivity index (χ3v) is 5.23. The zero-order valence-electron chi connectivity index (χ0n) is 13.9. The average molecular weight is 348 g/mol. The molecule has 3 rings (SSSR count). The van der Waals surface area contributed by atoms with Crippen LogP contribution in [0, 0.1) is 0 Å². The molecule has 1 fully saturated rings. The molecular weight excluding hydrogens is 324 g/mol. The maximum atomic E-state index is 12.4. The van der Waals surface area contributed by atoms with Crippen LogP contribution in [0.2, 0.25) is 0 Å². The van der Waals surface area contributed by atoms with Crippen molar-refractivity contribution >= 4 is 17.2 Å². The SMILES string of the molecule is C[C@@H](C(=O)NCCc1cccs1)N1CCO[C@@H](Cn2cccn2)C1. The van der Waals surface area contributed by atoms with Crippen LogP contribution in [-0.2, 0) is 22.5 Å². The van der Waals surface area contributed by atoms with E-state index in [1.807, 2.05) is 29.9 Å². The number of rotatable bonds is 7. The topological polar surface area (TPSA) is 59.4 Å². The number of nitrogens with one attached hydrogen (secondary N) is 1. The van der Waals surface area contributed by atoms with E-state index in [1.165, 1.54) is 4.88 Å². The van der Waals surface area contributed by atoms with Gasteiger partial charge in [0.15, 0.2) is 0 Å². The van der Waals surface area contributed by atoms with Gasteiger partial charge in [0.05, 0.1) is 25.3 Å². The van der Waals surface area contributed by atoms with E-state index in [2.05, 4.69) is 26.8 Å². The van der Waals surface area contributed by atoms with Crippen LogP contribution in [-0.4, -0.2) is 59.0 Å². The molecule has 24 heavy (non-hydrogen) atoms. The number of ether oxygens (including phenoxy) is 1. The average Bonchev–Trinajstić information content (AvgIpc) is 3.28. The van der Waals surface area contributed by atoms with Crippen molar-refractivity contribution in [1.82, 2.24) is 20.0 Å². The van der Waals surface area contributed by atoms with Crippen LogP contribution in [0.1, 0.15) is 11.8 Å². The second-order valence-electron chi connectivity index (χ2n) is 6.01. The third kappa shape index (κ3) is 4.66. The van der Waals surface area contributed by atoms with Gasteiger partial charge in [-0.2, -0.15) is 5.10 Å². The quantitative estimate of drug-likeness (QED) is 0.822. The molecule has 2 aromatic heterocycles. The molecule has 2 aromatic rings. The van der Waals surface area contributed by atoms with Crippen molar-refractivity contribution in [3.8, 4) is 0 Å². The first kappa shape index (κ1) is 17.1. The van der Waals surface area contributed by atoms with Gasteiger partial charge in [-0.25, -0.2) is 0 Å². The van der Waals surface area contributed by atoms with Gasteiger partial charge in [0.25, 0.3) is 0 Å². The highest BCUT2D eigenvalue weighted by Crippen LogP contribution is 2.11. The summed E-state index contributed by atoms with van der Waals surface area (Å²) >= 11 is 1.73. The molecule has 1 N–H and O–H groups in total. The summed E-state index contributed by atoms with van der Waals surface area (Å²) in [6.07, 6.45) is 4.66. The van der Waals surface area contributed by atoms with Gasteiger partial charge in [-0.1, -0.05) is 6.07 Å². The number of carbonyl (C=O) groups excluding carboxylic acids is 1. The highest BCUT2D eigenvalue weighted by Gasteiger charge is 2.28. The minimum Gasteiger partial charge on any atom is -0.374 e. The van der Waals surface area contributed by atoms with Crippen LogP contribution in [0.25, 0.3) is 0 Å². The number of morpholine rings is 1. The number of aromatic nitrogens is 2. The number of hydrogen-bond donors (Lipinski definition) is 1. The van der Waals surface area contributed by atoms with Crippen LogP contribution in [0.4, 0.5) is 0 Å². The first-order valence-electron chi connectivity index (χ1n) is 8.35. The first-order valence-corrected chi connectivity index (χ1v) is 9.23.